The van der Waals surface area contributed by atoms with Crippen LogP contribution in [0, 0.1) is 5.92 Å². The average Bonchev–Trinajstić information content (AvgIpc) is 2.40. The zero-order chi connectivity index (χ0) is 12.1. The van der Waals surface area contributed by atoms with E-state index in [1.807, 2.05) is 4.90 Å². The fourth-order valence-electron chi connectivity index (χ4n) is 2.88. The normalized spacial score (nSPS) is 27.1. The molecule has 1 amide bonds. The zero-order valence-corrected chi connectivity index (χ0v) is 10.6. The van der Waals surface area contributed by atoms with Crippen LogP contribution in [-0.2, 0) is 4.79 Å². The molecule has 1 N–H and O–H groups in total. The molecule has 0 aromatic carbocycles. The summed E-state index contributed by atoms with van der Waals surface area (Å²) in [7, 11) is 0. The molecular formula is C13H24N2O2. The number of likely N-dealkylation sites (tertiary alicyclic amines) is 2. The van der Waals surface area contributed by atoms with Crippen molar-refractivity contribution in [2.24, 2.45) is 5.92 Å². The SMILES string of the molecule is O=C(CN1CCC[C@@H](CO)C1)N1CCCCC1. The molecule has 4 nitrogen and oxygen atoms in total. The lowest BCUT2D eigenvalue weighted by Gasteiger charge is -2.34. The Morgan fingerprint density at radius 2 is 1.88 bits per heavy atom. The van der Waals surface area contributed by atoms with E-state index >= 15 is 0 Å². The Bertz CT molecular complexity index is 252. The summed E-state index contributed by atoms with van der Waals surface area (Å²) in [5, 5.41) is 9.17. The minimum Gasteiger partial charge on any atom is -0.396 e. The predicted molar refractivity (Wildman–Crippen MR) is 66.7 cm³/mol. The molecule has 0 aliphatic carbocycles. The van der Waals surface area contributed by atoms with Crippen molar-refractivity contribution in [3.8, 4) is 0 Å². The fraction of sp³-hybridized carbons (Fsp3) is 0.923. The minimum atomic E-state index is 0.258. The van der Waals surface area contributed by atoms with Gasteiger partial charge in [-0.1, -0.05) is 0 Å². The molecule has 0 bridgehead atoms. The highest BCUT2D eigenvalue weighted by molar-refractivity contribution is 5.78. The molecule has 2 heterocycles. The Balaban J connectivity index is 1.77. The highest BCUT2D eigenvalue weighted by Crippen LogP contribution is 2.16. The Morgan fingerprint density at radius 1 is 1.12 bits per heavy atom. The van der Waals surface area contributed by atoms with Gasteiger partial charge in [0, 0.05) is 26.2 Å². The first-order valence-electron chi connectivity index (χ1n) is 6.90. The second-order valence-corrected chi connectivity index (χ2v) is 5.37. The average molecular weight is 240 g/mol. The van der Waals surface area contributed by atoms with Gasteiger partial charge in [-0.15, -0.1) is 0 Å². The van der Waals surface area contributed by atoms with Crippen LogP contribution < -0.4 is 0 Å². The van der Waals surface area contributed by atoms with E-state index in [0.717, 1.165) is 51.9 Å². The summed E-state index contributed by atoms with van der Waals surface area (Å²) in [5.41, 5.74) is 0. The Kier molecular flexibility index (Phi) is 4.80. The van der Waals surface area contributed by atoms with Gasteiger partial charge >= 0.3 is 0 Å². The topological polar surface area (TPSA) is 43.8 Å². The maximum absolute atomic E-state index is 12.1. The number of hydrogen-bond donors (Lipinski definition) is 1. The van der Waals surface area contributed by atoms with Crippen molar-refractivity contribution in [1.29, 1.82) is 0 Å². The minimum absolute atomic E-state index is 0.258. The molecule has 17 heavy (non-hydrogen) atoms. The van der Waals surface area contributed by atoms with Crippen LogP contribution in [0.3, 0.4) is 0 Å². The number of nitrogens with zero attached hydrogens (tertiary/aromatic N) is 2. The van der Waals surface area contributed by atoms with E-state index in [4.69, 9.17) is 5.11 Å². The van der Waals surface area contributed by atoms with Gasteiger partial charge in [0.05, 0.1) is 6.54 Å². The molecule has 0 aromatic heterocycles. The molecule has 4 heteroatoms. The maximum Gasteiger partial charge on any atom is 0.236 e. The zero-order valence-electron chi connectivity index (χ0n) is 10.6. The first kappa shape index (κ1) is 12.8. The summed E-state index contributed by atoms with van der Waals surface area (Å²) in [6.07, 6.45) is 5.79. The fourth-order valence-corrected chi connectivity index (χ4v) is 2.88. The molecule has 0 aromatic rings. The van der Waals surface area contributed by atoms with Crippen LogP contribution in [0.15, 0.2) is 0 Å². The first-order valence-corrected chi connectivity index (χ1v) is 6.90. The van der Waals surface area contributed by atoms with Crippen molar-refractivity contribution in [3.63, 3.8) is 0 Å². The number of rotatable bonds is 3. The van der Waals surface area contributed by atoms with Crippen LogP contribution in [0.1, 0.15) is 32.1 Å². The first-order chi connectivity index (χ1) is 8.29. The van der Waals surface area contributed by atoms with Crippen LogP contribution in [0.2, 0.25) is 0 Å². The highest BCUT2D eigenvalue weighted by atomic mass is 16.3. The van der Waals surface area contributed by atoms with Gasteiger partial charge in [-0.3, -0.25) is 9.69 Å². The Hall–Kier alpha value is -0.610. The lowest BCUT2D eigenvalue weighted by Crippen LogP contribution is -2.46. The third kappa shape index (κ3) is 3.68. The Morgan fingerprint density at radius 3 is 2.59 bits per heavy atom. The molecule has 2 rings (SSSR count). The number of amides is 1. The molecule has 0 saturated carbocycles. The summed E-state index contributed by atoms with van der Waals surface area (Å²) in [6.45, 7) is 4.59. The summed E-state index contributed by atoms with van der Waals surface area (Å²) in [6, 6.07) is 0. The van der Waals surface area contributed by atoms with Crippen molar-refractivity contribution < 1.29 is 9.90 Å². The van der Waals surface area contributed by atoms with E-state index in [-0.39, 0.29) is 12.5 Å². The van der Waals surface area contributed by atoms with Gasteiger partial charge in [-0.25, -0.2) is 0 Å². The van der Waals surface area contributed by atoms with Crippen molar-refractivity contribution in [2.45, 2.75) is 32.1 Å². The monoisotopic (exact) mass is 240 g/mol. The van der Waals surface area contributed by atoms with Crippen LogP contribution >= 0.6 is 0 Å². The second kappa shape index (κ2) is 6.36. The quantitative estimate of drug-likeness (QED) is 0.790. The van der Waals surface area contributed by atoms with E-state index in [1.54, 1.807) is 0 Å². The van der Waals surface area contributed by atoms with Gasteiger partial charge < -0.3 is 10.0 Å². The number of hydrogen-bond acceptors (Lipinski definition) is 3. The van der Waals surface area contributed by atoms with Crippen LogP contribution in [0.5, 0.6) is 0 Å². The molecule has 0 unspecified atom stereocenters. The standard InChI is InChI=1S/C13H24N2O2/c16-11-12-5-4-6-14(9-12)10-13(17)15-7-2-1-3-8-15/h12,16H,1-11H2/t12-/m1/s1. The van der Waals surface area contributed by atoms with E-state index < -0.39 is 0 Å². The summed E-state index contributed by atoms with van der Waals surface area (Å²) < 4.78 is 0. The molecule has 2 fully saturated rings. The van der Waals surface area contributed by atoms with E-state index in [0.29, 0.717) is 12.5 Å². The van der Waals surface area contributed by atoms with Gasteiger partial charge in [0.15, 0.2) is 0 Å². The summed E-state index contributed by atoms with van der Waals surface area (Å²) in [4.78, 5) is 16.3. The largest absolute Gasteiger partial charge is 0.396 e. The summed E-state index contributed by atoms with van der Waals surface area (Å²) in [5.74, 6) is 0.654. The molecular weight excluding hydrogens is 216 g/mol. The second-order valence-electron chi connectivity index (χ2n) is 5.37. The van der Waals surface area contributed by atoms with Gasteiger partial charge in [0.25, 0.3) is 0 Å². The molecule has 0 radical (unpaired) electrons. The molecule has 0 spiro atoms. The number of aliphatic hydroxyl groups is 1. The Labute approximate surface area is 104 Å². The van der Waals surface area contributed by atoms with Gasteiger partial charge in [0.1, 0.15) is 0 Å². The highest BCUT2D eigenvalue weighted by Gasteiger charge is 2.23. The number of carbonyl (C=O) groups is 1. The van der Waals surface area contributed by atoms with Gasteiger partial charge in [-0.05, 0) is 44.6 Å². The van der Waals surface area contributed by atoms with Gasteiger partial charge in [-0.2, -0.15) is 0 Å². The van der Waals surface area contributed by atoms with Crippen LogP contribution in [0.4, 0.5) is 0 Å². The smallest absolute Gasteiger partial charge is 0.236 e. The lowest BCUT2D eigenvalue weighted by molar-refractivity contribution is -0.133. The third-order valence-electron chi connectivity index (χ3n) is 3.93. The lowest BCUT2D eigenvalue weighted by atomic mass is 9.99. The van der Waals surface area contributed by atoms with Crippen molar-refractivity contribution in [1.82, 2.24) is 9.80 Å². The van der Waals surface area contributed by atoms with Crippen molar-refractivity contribution in [3.05, 3.63) is 0 Å². The molecule has 1 atom stereocenters. The molecule has 2 aliphatic rings. The third-order valence-corrected chi connectivity index (χ3v) is 3.93. The number of piperidine rings is 2. The molecule has 2 aliphatic heterocycles. The van der Waals surface area contributed by atoms with E-state index in [9.17, 15) is 4.79 Å². The summed E-state index contributed by atoms with van der Waals surface area (Å²) >= 11 is 0. The van der Waals surface area contributed by atoms with E-state index in [1.165, 1.54) is 6.42 Å². The van der Waals surface area contributed by atoms with E-state index in [2.05, 4.69) is 4.90 Å². The van der Waals surface area contributed by atoms with Crippen LogP contribution in [-0.4, -0.2) is 60.1 Å². The number of carbonyl (C=O) groups excluding carboxylic acids is 1. The van der Waals surface area contributed by atoms with Gasteiger partial charge in [0.2, 0.25) is 5.91 Å². The van der Waals surface area contributed by atoms with Crippen LogP contribution in [0.25, 0.3) is 0 Å². The number of aliphatic hydroxyl groups excluding tert-OH is 1. The van der Waals surface area contributed by atoms with Crippen molar-refractivity contribution in [2.75, 3.05) is 39.3 Å². The molecule has 98 valence electrons. The predicted octanol–water partition coefficient (Wildman–Crippen LogP) is 0.703. The molecule has 2 saturated heterocycles. The van der Waals surface area contributed by atoms with Crippen molar-refractivity contribution >= 4 is 5.91 Å². The maximum atomic E-state index is 12.1.